The average molecular weight is 639 g/mol. The Balaban J connectivity index is 1.33. The highest BCUT2D eigenvalue weighted by Crippen LogP contribution is 2.41. The molecule has 0 aliphatic heterocycles. The molecule has 4 nitrogen and oxygen atoms in total. The number of nitrogens with zero attached hydrogens (tertiary/aromatic N) is 4. The second kappa shape index (κ2) is 11.4. The van der Waals surface area contributed by atoms with Crippen molar-refractivity contribution in [3.05, 3.63) is 182 Å². The molecule has 4 heteroatoms. The van der Waals surface area contributed by atoms with Crippen molar-refractivity contribution in [2.75, 3.05) is 0 Å². The summed E-state index contributed by atoms with van der Waals surface area (Å²) in [6.07, 6.45) is 0. The highest BCUT2D eigenvalue weighted by molar-refractivity contribution is 6.23. The minimum atomic E-state index is 0.634. The monoisotopic (exact) mass is 638 g/mol. The van der Waals surface area contributed by atoms with Crippen molar-refractivity contribution in [3.8, 4) is 45.3 Å². The lowest BCUT2D eigenvalue weighted by molar-refractivity contribution is 0.995. The minimum absolute atomic E-state index is 0.634. The van der Waals surface area contributed by atoms with Gasteiger partial charge in [0.05, 0.1) is 33.5 Å². The Morgan fingerprint density at radius 3 is 1.46 bits per heavy atom. The zero-order chi connectivity index (χ0) is 33.0. The molecule has 3 heterocycles. The molecule has 0 saturated carbocycles. The molecule has 0 atom stereocenters. The van der Waals surface area contributed by atoms with E-state index in [1.807, 2.05) is 6.07 Å². The SMILES string of the molecule is c1ccc(-c2cccc(-c3cc(-c4ccccc4)nc(-n4c5ccccc5c5ccc6c7ccccc7n(-c7ccccc7)c6c54)n3)c2)cc1. The van der Waals surface area contributed by atoms with E-state index < -0.39 is 0 Å². The molecular weight excluding hydrogens is 609 g/mol. The summed E-state index contributed by atoms with van der Waals surface area (Å²) in [5, 5.41) is 4.73. The van der Waals surface area contributed by atoms with Crippen molar-refractivity contribution in [1.82, 2.24) is 19.1 Å². The Kier molecular flexibility index (Phi) is 6.46. The first-order valence-corrected chi connectivity index (χ1v) is 16.9. The fourth-order valence-corrected chi connectivity index (χ4v) is 7.48. The fraction of sp³-hybridized carbons (Fsp3) is 0. The van der Waals surface area contributed by atoms with E-state index in [0.717, 1.165) is 66.6 Å². The first kappa shape index (κ1) is 28.3. The zero-order valence-electron chi connectivity index (χ0n) is 27.1. The Bertz CT molecular complexity index is 2850. The van der Waals surface area contributed by atoms with Crippen LogP contribution in [-0.2, 0) is 0 Å². The van der Waals surface area contributed by atoms with Crippen LogP contribution in [0.3, 0.4) is 0 Å². The van der Waals surface area contributed by atoms with Gasteiger partial charge in [-0.2, -0.15) is 0 Å². The normalized spacial score (nSPS) is 11.6. The van der Waals surface area contributed by atoms with Gasteiger partial charge in [-0.15, -0.1) is 0 Å². The maximum Gasteiger partial charge on any atom is 0.235 e. The summed E-state index contributed by atoms with van der Waals surface area (Å²) in [6.45, 7) is 0. The van der Waals surface area contributed by atoms with E-state index in [1.165, 1.54) is 16.3 Å². The lowest BCUT2D eigenvalue weighted by Crippen LogP contribution is -2.05. The van der Waals surface area contributed by atoms with Gasteiger partial charge in [-0.1, -0.05) is 146 Å². The lowest BCUT2D eigenvalue weighted by atomic mass is 10.0. The average Bonchev–Trinajstić information content (AvgIpc) is 3.72. The molecule has 0 fully saturated rings. The zero-order valence-corrected chi connectivity index (χ0v) is 27.1. The fourth-order valence-electron chi connectivity index (χ4n) is 7.48. The van der Waals surface area contributed by atoms with Crippen LogP contribution in [0.5, 0.6) is 0 Å². The summed E-state index contributed by atoms with van der Waals surface area (Å²) < 4.78 is 4.68. The van der Waals surface area contributed by atoms with Gasteiger partial charge >= 0.3 is 0 Å². The Hall–Kier alpha value is -6.78. The topological polar surface area (TPSA) is 35.6 Å². The maximum atomic E-state index is 5.41. The molecule has 0 spiro atoms. The standard InChI is InChI=1S/C46H30N4/c1-4-15-31(16-5-1)33-19-14-20-34(29-33)41-30-40(32-17-6-2-7-18-32)47-46(48-41)50-43-26-13-11-24-37(43)39-28-27-38-36-23-10-12-25-42(36)49(44(38)45(39)50)35-21-8-3-9-22-35/h1-30H. The molecule has 0 saturated heterocycles. The highest BCUT2D eigenvalue weighted by Gasteiger charge is 2.23. The molecule has 10 rings (SSSR count). The van der Waals surface area contributed by atoms with Crippen molar-refractivity contribution < 1.29 is 0 Å². The Labute approximate surface area is 289 Å². The van der Waals surface area contributed by atoms with Crippen molar-refractivity contribution in [1.29, 1.82) is 0 Å². The third-order valence-electron chi connectivity index (χ3n) is 9.73. The lowest BCUT2D eigenvalue weighted by Gasteiger charge is -2.14. The predicted octanol–water partition coefficient (Wildman–Crippen LogP) is 11.7. The molecule has 0 radical (unpaired) electrons. The predicted molar refractivity (Wildman–Crippen MR) is 207 cm³/mol. The van der Waals surface area contributed by atoms with Crippen molar-refractivity contribution >= 4 is 43.6 Å². The molecule has 7 aromatic carbocycles. The molecule has 0 bridgehead atoms. The summed E-state index contributed by atoms with van der Waals surface area (Å²) in [5.74, 6) is 0.634. The molecule has 0 aliphatic rings. The van der Waals surface area contributed by atoms with Gasteiger partial charge < -0.3 is 4.57 Å². The summed E-state index contributed by atoms with van der Waals surface area (Å²) in [6, 6.07) is 64.2. The second-order valence-corrected chi connectivity index (χ2v) is 12.6. The smallest absolute Gasteiger partial charge is 0.235 e. The largest absolute Gasteiger partial charge is 0.307 e. The number of rotatable bonds is 5. The molecule has 0 N–H and O–H groups in total. The molecule has 0 amide bonds. The van der Waals surface area contributed by atoms with E-state index in [4.69, 9.17) is 9.97 Å². The third-order valence-corrected chi connectivity index (χ3v) is 9.73. The van der Waals surface area contributed by atoms with E-state index in [2.05, 4.69) is 185 Å². The number of aromatic nitrogens is 4. The van der Waals surface area contributed by atoms with Crippen LogP contribution in [0.2, 0.25) is 0 Å². The van der Waals surface area contributed by atoms with E-state index in [-0.39, 0.29) is 0 Å². The second-order valence-electron chi connectivity index (χ2n) is 12.6. The molecule has 0 unspecified atom stereocenters. The molecule has 10 aromatic rings. The summed E-state index contributed by atoms with van der Waals surface area (Å²) >= 11 is 0. The van der Waals surface area contributed by atoms with Crippen LogP contribution in [0.4, 0.5) is 0 Å². The van der Waals surface area contributed by atoms with Crippen LogP contribution in [0.15, 0.2) is 182 Å². The Morgan fingerprint density at radius 2 is 0.800 bits per heavy atom. The van der Waals surface area contributed by atoms with Crippen LogP contribution >= 0.6 is 0 Å². The van der Waals surface area contributed by atoms with Crippen molar-refractivity contribution in [2.45, 2.75) is 0 Å². The van der Waals surface area contributed by atoms with Crippen LogP contribution in [0.1, 0.15) is 0 Å². The van der Waals surface area contributed by atoms with Gasteiger partial charge in [0, 0.05) is 38.4 Å². The van der Waals surface area contributed by atoms with Crippen molar-refractivity contribution in [3.63, 3.8) is 0 Å². The maximum absolute atomic E-state index is 5.41. The quantitative estimate of drug-likeness (QED) is 0.188. The Morgan fingerprint density at radius 1 is 0.320 bits per heavy atom. The van der Waals surface area contributed by atoms with Gasteiger partial charge in [0.1, 0.15) is 0 Å². The van der Waals surface area contributed by atoms with Crippen LogP contribution in [-0.4, -0.2) is 19.1 Å². The number of fused-ring (bicyclic) bond motifs is 7. The van der Waals surface area contributed by atoms with Gasteiger partial charge in [-0.25, -0.2) is 9.97 Å². The molecule has 0 aliphatic carbocycles. The number of hydrogen-bond acceptors (Lipinski definition) is 2. The minimum Gasteiger partial charge on any atom is -0.307 e. The summed E-state index contributed by atoms with van der Waals surface area (Å²) in [7, 11) is 0. The van der Waals surface area contributed by atoms with Crippen LogP contribution in [0.25, 0.3) is 88.9 Å². The summed E-state index contributed by atoms with van der Waals surface area (Å²) in [5.41, 5.74) is 11.7. The highest BCUT2D eigenvalue weighted by atomic mass is 15.2. The van der Waals surface area contributed by atoms with Crippen LogP contribution in [0, 0.1) is 0 Å². The van der Waals surface area contributed by atoms with E-state index in [1.54, 1.807) is 0 Å². The molecular formula is C46H30N4. The van der Waals surface area contributed by atoms with Gasteiger partial charge in [-0.05, 0) is 47.5 Å². The van der Waals surface area contributed by atoms with Gasteiger partial charge in [-0.3, -0.25) is 4.57 Å². The molecule has 234 valence electrons. The number of hydrogen-bond donors (Lipinski definition) is 0. The first-order valence-electron chi connectivity index (χ1n) is 16.9. The van der Waals surface area contributed by atoms with Crippen molar-refractivity contribution in [2.24, 2.45) is 0 Å². The van der Waals surface area contributed by atoms with Gasteiger partial charge in [0.2, 0.25) is 5.95 Å². The number of para-hydroxylation sites is 3. The third kappa shape index (κ3) is 4.46. The van der Waals surface area contributed by atoms with E-state index >= 15 is 0 Å². The van der Waals surface area contributed by atoms with Gasteiger partial charge in [0.25, 0.3) is 0 Å². The van der Waals surface area contributed by atoms with Gasteiger partial charge in [0.15, 0.2) is 0 Å². The first-order chi connectivity index (χ1) is 24.8. The molecule has 3 aromatic heterocycles. The summed E-state index contributed by atoms with van der Waals surface area (Å²) in [4.78, 5) is 10.8. The molecule has 50 heavy (non-hydrogen) atoms. The van der Waals surface area contributed by atoms with E-state index in [0.29, 0.717) is 5.95 Å². The number of benzene rings is 7. The van der Waals surface area contributed by atoms with E-state index in [9.17, 15) is 0 Å². The van der Waals surface area contributed by atoms with Crippen LogP contribution < -0.4 is 0 Å².